The molecule has 0 spiro atoms. The van der Waals surface area contributed by atoms with Crippen molar-refractivity contribution >= 4 is 11.9 Å². The summed E-state index contributed by atoms with van der Waals surface area (Å²) in [4.78, 5) is 23.8. The number of amides is 1. The number of rotatable bonds is 4. The first kappa shape index (κ1) is 12.6. The smallest absolute Gasteiger partial charge is 0.303 e. The van der Waals surface area contributed by atoms with Gasteiger partial charge >= 0.3 is 5.97 Å². The zero-order valence-electron chi connectivity index (χ0n) is 9.32. The van der Waals surface area contributed by atoms with Gasteiger partial charge in [-0.3, -0.25) is 9.59 Å². The number of likely N-dealkylation sites (tertiary alicyclic amines) is 1. The third-order valence-corrected chi connectivity index (χ3v) is 2.89. The average molecular weight is 223 g/mol. The van der Waals surface area contributed by atoms with Crippen molar-refractivity contribution in [2.75, 3.05) is 13.1 Å². The summed E-state index contributed by atoms with van der Waals surface area (Å²) in [5.41, 5.74) is 0. The van der Waals surface area contributed by atoms with E-state index >= 15 is 0 Å². The summed E-state index contributed by atoms with van der Waals surface area (Å²) in [5.74, 6) is 1.87. The highest BCUT2D eigenvalue weighted by molar-refractivity contribution is 5.78. The van der Waals surface area contributed by atoms with Gasteiger partial charge in [-0.15, -0.1) is 6.42 Å². The lowest BCUT2D eigenvalue weighted by atomic mass is 9.93. The number of terminal acetylenes is 1. The first-order chi connectivity index (χ1) is 7.63. The molecule has 1 rings (SSSR count). The van der Waals surface area contributed by atoms with Crippen LogP contribution < -0.4 is 0 Å². The molecule has 88 valence electrons. The molecule has 0 bridgehead atoms. The highest BCUT2D eigenvalue weighted by Crippen LogP contribution is 2.21. The third kappa shape index (κ3) is 3.93. The molecule has 1 aliphatic rings. The number of carboxylic acid groups (broad SMARTS) is 1. The van der Waals surface area contributed by atoms with Crippen LogP contribution in [0.2, 0.25) is 0 Å². The van der Waals surface area contributed by atoms with Crippen LogP contribution in [-0.4, -0.2) is 35.0 Å². The van der Waals surface area contributed by atoms with E-state index in [0.717, 1.165) is 19.4 Å². The van der Waals surface area contributed by atoms with Crippen molar-refractivity contribution in [3.05, 3.63) is 0 Å². The Labute approximate surface area is 95.6 Å². The molecule has 1 amide bonds. The summed E-state index contributed by atoms with van der Waals surface area (Å²) >= 11 is 0. The molecular formula is C12H17NO3. The maximum Gasteiger partial charge on any atom is 0.303 e. The van der Waals surface area contributed by atoms with E-state index in [1.165, 1.54) is 0 Å². The number of hydrogen-bond acceptors (Lipinski definition) is 2. The number of piperidine rings is 1. The summed E-state index contributed by atoms with van der Waals surface area (Å²) in [7, 11) is 0. The molecule has 0 aromatic carbocycles. The molecule has 0 aromatic heterocycles. The SMILES string of the molecule is C#CCC(=O)N1CCCC(CCC(=O)O)C1. The highest BCUT2D eigenvalue weighted by atomic mass is 16.4. The molecule has 0 saturated carbocycles. The number of hydrogen-bond donors (Lipinski definition) is 1. The van der Waals surface area contributed by atoms with Gasteiger partial charge in [0, 0.05) is 19.5 Å². The molecule has 1 heterocycles. The van der Waals surface area contributed by atoms with E-state index in [0.29, 0.717) is 18.9 Å². The van der Waals surface area contributed by atoms with Crippen LogP contribution in [0.25, 0.3) is 0 Å². The Hall–Kier alpha value is -1.50. The molecule has 4 heteroatoms. The second-order valence-electron chi connectivity index (χ2n) is 4.16. The maximum atomic E-state index is 11.5. The van der Waals surface area contributed by atoms with E-state index in [1.807, 2.05) is 0 Å². The van der Waals surface area contributed by atoms with Crippen molar-refractivity contribution in [1.29, 1.82) is 0 Å². The summed E-state index contributed by atoms with van der Waals surface area (Å²) in [6.07, 6.45) is 8.02. The average Bonchev–Trinajstić information content (AvgIpc) is 2.27. The van der Waals surface area contributed by atoms with Gasteiger partial charge in [-0.1, -0.05) is 5.92 Å². The maximum absolute atomic E-state index is 11.5. The Kier molecular flexibility index (Phi) is 4.84. The fraction of sp³-hybridized carbons (Fsp3) is 0.667. The van der Waals surface area contributed by atoms with E-state index < -0.39 is 5.97 Å². The van der Waals surface area contributed by atoms with Gasteiger partial charge in [0.1, 0.15) is 0 Å². The van der Waals surface area contributed by atoms with Crippen LogP contribution in [0.4, 0.5) is 0 Å². The first-order valence-electron chi connectivity index (χ1n) is 5.56. The molecule has 0 aliphatic carbocycles. The topological polar surface area (TPSA) is 57.6 Å². The quantitative estimate of drug-likeness (QED) is 0.726. The van der Waals surface area contributed by atoms with Crippen molar-refractivity contribution in [3.8, 4) is 12.3 Å². The number of carbonyl (C=O) groups is 2. The van der Waals surface area contributed by atoms with E-state index in [9.17, 15) is 9.59 Å². The monoisotopic (exact) mass is 223 g/mol. The largest absolute Gasteiger partial charge is 0.481 e. The fourth-order valence-electron chi connectivity index (χ4n) is 2.05. The zero-order valence-corrected chi connectivity index (χ0v) is 9.32. The Bertz CT molecular complexity index is 306. The first-order valence-corrected chi connectivity index (χ1v) is 5.56. The van der Waals surface area contributed by atoms with E-state index in [4.69, 9.17) is 11.5 Å². The standard InChI is InChI=1S/C12H17NO3/c1-2-4-11(14)13-8-3-5-10(9-13)6-7-12(15)16/h1,10H,3-9H2,(H,15,16). The molecule has 16 heavy (non-hydrogen) atoms. The lowest BCUT2D eigenvalue weighted by Crippen LogP contribution is -2.39. The van der Waals surface area contributed by atoms with Crippen molar-refractivity contribution < 1.29 is 14.7 Å². The van der Waals surface area contributed by atoms with Gasteiger partial charge < -0.3 is 10.0 Å². The van der Waals surface area contributed by atoms with Crippen LogP contribution in [0.1, 0.15) is 32.1 Å². The van der Waals surface area contributed by atoms with Gasteiger partial charge in [-0.25, -0.2) is 0 Å². The molecule has 1 saturated heterocycles. The van der Waals surface area contributed by atoms with Crippen molar-refractivity contribution in [2.24, 2.45) is 5.92 Å². The molecule has 1 unspecified atom stereocenters. The van der Waals surface area contributed by atoms with E-state index in [-0.39, 0.29) is 18.7 Å². The van der Waals surface area contributed by atoms with Gasteiger partial charge in [-0.05, 0) is 25.2 Å². The normalized spacial score (nSPS) is 20.2. The van der Waals surface area contributed by atoms with Crippen LogP contribution in [0.15, 0.2) is 0 Å². The van der Waals surface area contributed by atoms with Crippen molar-refractivity contribution in [2.45, 2.75) is 32.1 Å². The predicted molar refractivity (Wildman–Crippen MR) is 59.6 cm³/mol. The minimum Gasteiger partial charge on any atom is -0.481 e. The van der Waals surface area contributed by atoms with E-state index in [1.54, 1.807) is 4.90 Å². The summed E-state index contributed by atoms with van der Waals surface area (Å²) in [5, 5.41) is 8.60. The summed E-state index contributed by atoms with van der Waals surface area (Å²) in [6, 6.07) is 0. The zero-order chi connectivity index (χ0) is 12.0. The lowest BCUT2D eigenvalue weighted by molar-refractivity contribution is -0.137. The Balaban J connectivity index is 2.38. The molecular weight excluding hydrogens is 206 g/mol. The Morgan fingerprint density at radius 2 is 2.25 bits per heavy atom. The molecule has 1 aliphatic heterocycles. The minimum absolute atomic E-state index is 0.0116. The lowest BCUT2D eigenvalue weighted by Gasteiger charge is -2.32. The van der Waals surface area contributed by atoms with Crippen LogP contribution in [0.3, 0.4) is 0 Å². The Morgan fingerprint density at radius 1 is 1.50 bits per heavy atom. The molecule has 1 N–H and O–H groups in total. The third-order valence-electron chi connectivity index (χ3n) is 2.89. The number of aliphatic carboxylic acids is 1. The predicted octanol–water partition coefficient (Wildman–Crippen LogP) is 1.11. The molecule has 1 fully saturated rings. The summed E-state index contributed by atoms with van der Waals surface area (Å²) in [6.45, 7) is 1.41. The molecule has 1 atom stereocenters. The number of carboxylic acids is 1. The van der Waals surface area contributed by atoms with Gasteiger partial charge in [0.05, 0.1) is 6.42 Å². The van der Waals surface area contributed by atoms with Gasteiger partial charge in [0.25, 0.3) is 0 Å². The second kappa shape index (κ2) is 6.16. The second-order valence-corrected chi connectivity index (χ2v) is 4.16. The van der Waals surface area contributed by atoms with Crippen molar-refractivity contribution in [3.63, 3.8) is 0 Å². The molecule has 0 radical (unpaired) electrons. The number of nitrogens with zero attached hydrogens (tertiary/aromatic N) is 1. The van der Waals surface area contributed by atoms with Gasteiger partial charge in [-0.2, -0.15) is 0 Å². The van der Waals surface area contributed by atoms with Crippen LogP contribution in [0, 0.1) is 18.3 Å². The van der Waals surface area contributed by atoms with Crippen LogP contribution >= 0.6 is 0 Å². The minimum atomic E-state index is -0.771. The number of carbonyl (C=O) groups excluding carboxylic acids is 1. The molecule has 0 aromatic rings. The highest BCUT2D eigenvalue weighted by Gasteiger charge is 2.23. The van der Waals surface area contributed by atoms with Crippen LogP contribution in [0.5, 0.6) is 0 Å². The Morgan fingerprint density at radius 3 is 2.88 bits per heavy atom. The molecule has 4 nitrogen and oxygen atoms in total. The van der Waals surface area contributed by atoms with Crippen LogP contribution in [-0.2, 0) is 9.59 Å². The van der Waals surface area contributed by atoms with Crippen molar-refractivity contribution in [1.82, 2.24) is 4.90 Å². The summed E-state index contributed by atoms with van der Waals surface area (Å²) < 4.78 is 0. The van der Waals surface area contributed by atoms with E-state index in [2.05, 4.69) is 5.92 Å². The van der Waals surface area contributed by atoms with Gasteiger partial charge in [0.15, 0.2) is 0 Å². The van der Waals surface area contributed by atoms with Gasteiger partial charge in [0.2, 0.25) is 5.91 Å². The fourth-order valence-corrected chi connectivity index (χ4v) is 2.05.